The highest BCUT2D eigenvalue weighted by Gasteiger charge is 2.19. The average Bonchev–Trinajstić information content (AvgIpc) is 2.62. The van der Waals surface area contributed by atoms with Gasteiger partial charge >= 0.3 is 0 Å². The van der Waals surface area contributed by atoms with Gasteiger partial charge < -0.3 is 10.2 Å². The van der Waals surface area contributed by atoms with Gasteiger partial charge in [0.15, 0.2) is 5.78 Å². The van der Waals surface area contributed by atoms with Crippen molar-refractivity contribution < 1.29 is 15.0 Å². The average molecular weight is 354 g/mol. The molecule has 2 aromatic rings. The molecular weight excluding hydrogens is 324 g/mol. The van der Waals surface area contributed by atoms with Gasteiger partial charge in [0.05, 0.1) is 0 Å². The highest BCUT2D eigenvalue weighted by Crippen LogP contribution is 2.23. The standard InChI is InChI=1S/C23H30O3/c1-22(2,15-24)13-17-5-9-19(10-6-17)21(26)20-11-7-18(8-12-20)14-23(3,4)16-25/h5-12,24-25H,13-16H2,1-4H3. The topological polar surface area (TPSA) is 57.5 Å². The van der Waals surface area contributed by atoms with Crippen LogP contribution in [-0.4, -0.2) is 29.2 Å². The van der Waals surface area contributed by atoms with E-state index >= 15 is 0 Å². The number of hydrogen-bond acceptors (Lipinski definition) is 3. The molecule has 2 aromatic carbocycles. The number of carbonyl (C=O) groups is 1. The number of hydrogen-bond donors (Lipinski definition) is 2. The Labute approximate surface area is 156 Å². The van der Waals surface area contributed by atoms with Crippen LogP contribution in [0.2, 0.25) is 0 Å². The van der Waals surface area contributed by atoms with Crippen molar-refractivity contribution in [3.63, 3.8) is 0 Å². The molecule has 2 rings (SSSR count). The monoisotopic (exact) mass is 354 g/mol. The van der Waals surface area contributed by atoms with Gasteiger partial charge in [-0.1, -0.05) is 76.2 Å². The van der Waals surface area contributed by atoms with E-state index in [-0.39, 0.29) is 29.8 Å². The summed E-state index contributed by atoms with van der Waals surface area (Å²) in [6.45, 7) is 8.34. The maximum absolute atomic E-state index is 12.7. The first-order valence-electron chi connectivity index (χ1n) is 9.10. The Morgan fingerprint density at radius 1 is 0.692 bits per heavy atom. The van der Waals surface area contributed by atoms with E-state index in [4.69, 9.17) is 0 Å². The van der Waals surface area contributed by atoms with E-state index in [0.717, 1.165) is 24.0 Å². The molecule has 0 aliphatic rings. The summed E-state index contributed by atoms with van der Waals surface area (Å²) < 4.78 is 0. The molecule has 0 aliphatic heterocycles. The summed E-state index contributed by atoms with van der Waals surface area (Å²) in [5, 5.41) is 18.8. The molecule has 0 spiro atoms. The van der Waals surface area contributed by atoms with E-state index in [9.17, 15) is 15.0 Å². The molecule has 0 saturated carbocycles. The second-order valence-corrected chi connectivity index (χ2v) is 8.72. The van der Waals surface area contributed by atoms with Gasteiger partial charge in [-0.2, -0.15) is 0 Å². The number of aliphatic hydroxyl groups is 2. The van der Waals surface area contributed by atoms with Crippen LogP contribution in [0.3, 0.4) is 0 Å². The fourth-order valence-corrected chi connectivity index (χ4v) is 2.93. The Bertz CT molecular complexity index is 662. The molecule has 140 valence electrons. The first kappa shape index (κ1) is 20.3. The lowest BCUT2D eigenvalue weighted by Crippen LogP contribution is -2.19. The van der Waals surface area contributed by atoms with Gasteiger partial charge in [0.2, 0.25) is 0 Å². The van der Waals surface area contributed by atoms with Crippen LogP contribution in [0.1, 0.15) is 54.7 Å². The Kier molecular flexibility index (Phi) is 6.38. The molecule has 2 N–H and O–H groups in total. The van der Waals surface area contributed by atoms with E-state index in [1.165, 1.54) is 0 Å². The molecule has 0 aliphatic carbocycles. The predicted octanol–water partition coefficient (Wildman–Crippen LogP) is 4.04. The number of aliphatic hydroxyl groups excluding tert-OH is 2. The maximum Gasteiger partial charge on any atom is 0.193 e. The summed E-state index contributed by atoms with van der Waals surface area (Å²) in [4.78, 5) is 12.7. The fourth-order valence-electron chi connectivity index (χ4n) is 2.93. The van der Waals surface area contributed by atoms with E-state index < -0.39 is 0 Å². The van der Waals surface area contributed by atoms with Crippen molar-refractivity contribution in [2.45, 2.75) is 40.5 Å². The Balaban J connectivity index is 2.09. The van der Waals surface area contributed by atoms with Gasteiger partial charge in [0, 0.05) is 24.3 Å². The van der Waals surface area contributed by atoms with Crippen LogP contribution < -0.4 is 0 Å². The van der Waals surface area contributed by atoms with Gasteiger partial charge in [-0.3, -0.25) is 4.79 Å². The van der Waals surface area contributed by atoms with Crippen LogP contribution in [0.4, 0.5) is 0 Å². The minimum absolute atomic E-state index is 0.00550. The molecule has 0 fully saturated rings. The Hall–Kier alpha value is -1.97. The second-order valence-electron chi connectivity index (χ2n) is 8.72. The predicted molar refractivity (Wildman–Crippen MR) is 105 cm³/mol. The minimum Gasteiger partial charge on any atom is -0.396 e. The molecule has 0 saturated heterocycles. The molecule has 0 unspecified atom stereocenters. The molecule has 0 amide bonds. The molecule has 0 heterocycles. The molecule has 26 heavy (non-hydrogen) atoms. The summed E-state index contributed by atoms with van der Waals surface area (Å²) in [7, 11) is 0. The van der Waals surface area contributed by atoms with E-state index in [2.05, 4.69) is 0 Å². The van der Waals surface area contributed by atoms with Gasteiger partial charge in [-0.15, -0.1) is 0 Å². The Morgan fingerprint density at radius 3 is 1.27 bits per heavy atom. The van der Waals surface area contributed by atoms with Crippen molar-refractivity contribution in [3.8, 4) is 0 Å². The Morgan fingerprint density at radius 2 is 1.00 bits per heavy atom. The normalized spacial score (nSPS) is 12.2. The SMILES string of the molecule is CC(C)(CO)Cc1ccc(C(=O)c2ccc(CC(C)(C)CO)cc2)cc1. The zero-order valence-corrected chi connectivity index (χ0v) is 16.2. The first-order chi connectivity index (χ1) is 12.2. The summed E-state index contributed by atoms with van der Waals surface area (Å²) in [6, 6.07) is 15.3. The van der Waals surface area contributed by atoms with Gasteiger partial charge in [-0.25, -0.2) is 0 Å². The molecule has 3 heteroatoms. The number of carbonyl (C=O) groups excluding carboxylic acids is 1. The van der Waals surface area contributed by atoms with E-state index in [1.807, 2.05) is 76.2 Å². The molecule has 3 nitrogen and oxygen atoms in total. The molecule has 0 radical (unpaired) electrons. The molecule has 0 aromatic heterocycles. The van der Waals surface area contributed by atoms with E-state index in [1.54, 1.807) is 0 Å². The maximum atomic E-state index is 12.7. The third kappa shape index (κ3) is 5.52. The summed E-state index contributed by atoms with van der Waals surface area (Å²) in [6.07, 6.45) is 1.54. The van der Waals surface area contributed by atoms with Crippen molar-refractivity contribution in [2.24, 2.45) is 10.8 Å². The van der Waals surface area contributed by atoms with Crippen LogP contribution in [0, 0.1) is 10.8 Å². The van der Waals surface area contributed by atoms with Crippen molar-refractivity contribution in [3.05, 3.63) is 70.8 Å². The van der Waals surface area contributed by atoms with Crippen molar-refractivity contribution in [1.82, 2.24) is 0 Å². The van der Waals surface area contributed by atoms with Crippen LogP contribution >= 0.6 is 0 Å². The lowest BCUT2D eigenvalue weighted by Gasteiger charge is -2.21. The van der Waals surface area contributed by atoms with Gasteiger partial charge in [0.25, 0.3) is 0 Å². The lowest BCUT2D eigenvalue weighted by molar-refractivity contribution is 0.103. The van der Waals surface area contributed by atoms with Crippen molar-refractivity contribution in [1.29, 1.82) is 0 Å². The number of ketones is 1. The zero-order chi connectivity index (χ0) is 19.4. The lowest BCUT2D eigenvalue weighted by atomic mass is 9.86. The fraction of sp³-hybridized carbons (Fsp3) is 0.435. The molecular formula is C23H30O3. The highest BCUT2D eigenvalue weighted by molar-refractivity contribution is 6.08. The second kappa shape index (κ2) is 8.15. The smallest absolute Gasteiger partial charge is 0.193 e. The summed E-state index contributed by atoms with van der Waals surface area (Å²) >= 11 is 0. The zero-order valence-electron chi connectivity index (χ0n) is 16.2. The summed E-state index contributed by atoms with van der Waals surface area (Å²) in [5.41, 5.74) is 3.23. The van der Waals surface area contributed by atoms with Crippen molar-refractivity contribution in [2.75, 3.05) is 13.2 Å². The van der Waals surface area contributed by atoms with Crippen LogP contribution in [0.5, 0.6) is 0 Å². The number of rotatable bonds is 8. The first-order valence-corrected chi connectivity index (χ1v) is 9.10. The summed E-state index contributed by atoms with van der Waals surface area (Å²) in [5.74, 6) is 0.00550. The van der Waals surface area contributed by atoms with Crippen molar-refractivity contribution >= 4 is 5.78 Å². The van der Waals surface area contributed by atoms with Gasteiger partial charge in [-0.05, 0) is 34.8 Å². The highest BCUT2D eigenvalue weighted by atomic mass is 16.3. The van der Waals surface area contributed by atoms with Gasteiger partial charge in [0.1, 0.15) is 0 Å². The number of benzene rings is 2. The van der Waals surface area contributed by atoms with Crippen LogP contribution in [0.15, 0.2) is 48.5 Å². The third-order valence-electron chi connectivity index (χ3n) is 4.65. The third-order valence-corrected chi connectivity index (χ3v) is 4.65. The van der Waals surface area contributed by atoms with E-state index in [0.29, 0.717) is 11.1 Å². The minimum atomic E-state index is -0.163. The van der Waals surface area contributed by atoms with Crippen LogP contribution in [0.25, 0.3) is 0 Å². The largest absolute Gasteiger partial charge is 0.396 e. The quantitative estimate of drug-likeness (QED) is 0.704. The molecule has 0 atom stereocenters. The molecule has 0 bridgehead atoms. The van der Waals surface area contributed by atoms with Crippen LogP contribution in [-0.2, 0) is 12.8 Å².